The number of hydrogen-bond acceptors (Lipinski definition) is 6. The van der Waals surface area contributed by atoms with Crippen LogP contribution in [0.25, 0.3) is 10.2 Å². The van der Waals surface area contributed by atoms with Gasteiger partial charge in [-0.25, -0.2) is 17.7 Å². The molecule has 0 unspecified atom stereocenters. The Bertz CT molecular complexity index is 833. The minimum absolute atomic E-state index is 0.0106. The summed E-state index contributed by atoms with van der Waals surface area (Å²) in [5.74, 6) is 0.883. The average molecular weight is 414 g/mol. The standard InChI is InChI=1S/C17H23N3O3S3/c1-14(21)19-8-4-9-20(11-10-19)26(22,23)13-5-12-24-17-18-15-6-2-3-7-16(15)25-17/h2-3,6-7H,4-5,8-13H2,1H3. The Morgan fingerprint density at radius 2 is 2.04 bits per heavy atom. The number of carbonyl (C=O) groups is 1. The van der Waals surface area contributed by atoms with Crippen LogP contribution in [0.5, 0.6) is 0 Å². The molecule has 2 aromatic rings. The largest absolute Gasteiger partial charge is 0.342 e. The summed E-state index contributed by atoms with van der Waals surface area (Å²) in [5.41, 5.74) is 0.993. The second-order valence-electron chi connectivity index (χ2n) is 6.22. The highest BCUT2D eigenvalue weighted by Gasteiger charge is 2.25. The molecule has 142 valence electrons. The van der Waals surface area contributed by atoms with Crippen LogP contribution in [0.2, 0.25) is 0 Å². The fourth-order valence-electron chi connectivity index (χ4n) is 2.93. The van der Waals surface area contributed by atoms with Crippen molar-refractivity contribution in [3.63, 3.8) is 0 Å². The van der Waals surface area contributed by atoms with Gasteiger partial charge in [0.15, 0.2) is 4.34 Å². The molecule has 9 heteroatoms. The fraction of sp³-hybridized carbons (Fsp3) is 0.529. The summed E-state index contributed by atoms with van der Waals surface area (Å²) in [6, 6.07) is 8.00. The maximum absolute atomic E-state index is 12.6. The van der Waals surface area contributed by atoms with E-state index in [-0.39, 0.29) is 11.7 Å². The Labute approximate surface area is 162 Å². The number of fused-ring (bicyclic) bond motifs is 1. The molecule has 0 N–H and O–H groups in total. The van der Waals surface area contributed by atoms with E-state index in [2.05, 4.69) is 4.98 Å². The van der Waals surface area contributed by atoms with Crippen molar-refractivity contribution in [3.8, 4) is 0 Å². The Kier molecular flexibility index (Phi) is 6.55. The van der Waals surface area contributed by atoms with Crippen LogP contribution in [0.3, 0.4) is 0 Å². The molecular formula is C17H23N3O3S3. The smallest absolute Gasteiger partial charge is 0.219 e. The lowest BCUT2D eigenvalue weighted by Gasteiger charge is -2.21. The number of sulfonamides is 1. The number of benzene rings is 1. The lowest BCUT2D eigenvalue weighted by atomic mass is 10.3. The lowest BCUT2D eigenvalue weighted by molar-refractivity contribution is -0.128. The summed E-state index contributed by atoms with van der Waals surface area (Å²) in [7, 11) is -3.27. The quantitative estimate of drug-likeness (QED) is 0.538. The number of thiazole rings is 1. The molecule has 0 atom stereocenters. The number of hydrogen-bond donors (Lipinski definition) is 0. The molecule has 1 saturated heterocycles. The zero-order valence-electron chi connectivity index (χ0n) is 14.8. The second-order valence-corrected chi connectivity index (χ2v) is 10.7. The van der Waals surface area contributed by atoms with Crippen molar-refractivity contribution in [2.75, 3.05) is 37.7 Å². The van der Waals surface area contributed by atoms with Gasteiger partial charge in [0.2, 0.25) is 15.9 Å². The molecule has 1 fully saturated rings. The van der Waals surface area contributed by atoms with E-state index in [1.165, 1.54) is 11.2 Å². The molecule has 1 aromatic carbocycles. The molecule has 0 bridgehead atoms. The topological polar surface area (TPSA) is 70.6 Å². The molecule has 3 rings (SSSR count). The minimum atomic E-state index is -3.27. The number of amides is 1. The van der Waals surface area contributed by atoms with Crippen LogP contribution in [0.4, 0.5) is 0 Å². The SMILES string of the molecule is CC(=O)N1CCCN(S(=O)(=O)CCCSc2nc3ccccc3s2)CC1. The van der Waals surface area contributed by atoms with Crippen LogP contribution in [0, 0.1) is 0 Å². The first-order valence-corrected chi connectivity index (χ1v) is 12.1. The summed E-state index contributed by atoms with van der Waals surface area (Å²) in [6.07, 6.45) is 1.29. The van der Waals surface area contributed by atoms with Crippen molar-refractivity contribution in [2.24, 2.45) is 0 Å². The van der Waals surface area contributed by atoms with E-state index < -0.39 is 10.0 Å². The van der Waals surface area contributed by atoms with Crippen molar-refractivity contribution < 1.29 is 13.2 Å². The fourth-order valence-corrected chi connectivity index (χ4v) is 6.72. The van der Waals surface area contributed by atoms with E-state index in [1.54, 1.807) is 28.0 Å². The third-order valence-electron chi connectivity index (χ3n) is 4.34. The van der Waals surface area contributed by atoms with E-state index in [9.17, 15) is 13.2 Å². The summed E-state index contributed by atoms with van der Waals surface area (Å²) in [4.78, 5) is 17.7. The van der Waals surface area contributed by atoms with Crippen LogP contribution in [0.1, 0.15) is 19.8 Å². The lowest BCUT2D eigenvalue weighted by Crippen LogP contribution is -2.37. The van der Waals surface area contributed by atoms with E-state index >= 15 is 0 Å². The number of rotatable bonds is 6. The number of para-hydroxylation sites is 1. The Morgan fingerprint density at radius 3 is 2.81 bits per heavy atom. The normalized spacial score (nSPS) is 16.7. The van der Waals surface area contributed by atoms with Gasteiger partial charge in [-0.15, -0.1) is 11.3 Å². The summed E-state index contributed by atoms with van der Waals surface area (Å²) >= 11 is 3.26. The molecule has 26 heavy (non-hydrogen) atoms. The van der Waals surface area contributed by atoms with Gasteiger partial charge in [0.25, 0.3) is 0 Å². The molecule has 1 aromatic heterocycles. The van der Waals surface area contributed by atoms with Gasteiger partial charge in [-0.05, 0) is 25.0 Å². The van der Waals surface area contributed by atoms with Crippen LogP contribution in [-0.2, 0) is 14.8 Å². The van der Waals surface area contributed by atoms with Gasteiger partial charge in [0.05, 0.1) is 16.0 Å². The number of thioether (sulfide) groups is 1. The van der Waals surface area contributed by atoms with E-state index in [4.69, 9.17) is 0 Å². The predicted molar refractivity (Wildman–Crippen MR) is 107 cm³/mol. The van der Waals surface area contributed by atoms with Crippen LogP contribution in [0.15, 0.2) is 28.6 Å². The Balaban J connectivity index is 1.48. The highest BCUT2D eigenvalue weighted by molar-refractivity contribution is 8.01. The van der Waals surface area contributed by atoms with Crippen molar-refractivity contribution in [3.05, 3.63) is 24.3 Å². The Morgan fingerprint density at radius 1 is 1.23 bits per heavy atom. The Hall–Kier alpha value is -1.16. The van der Waals surface area contributed by atoms with Gasteiger partial charge in [-0.2, -0.15) is 0 Å². The van der Waals surface area contributed by atoms with E-state index in [0.29, 0.717) is 39.0 Å². The predicted octanol–water partition coefficient (Wildman–Crippen LogP) is 2.66. The molecule has 1 aliphatic rings. The molecule has 0 spiro atoms. The van der Waals surface area contributed by atoms with Crippen molar-refractivity contribution in [1.29, 1.82) is 0 Å². The first-order valence-electron chi connectivity index (χ1n) is 8.67. The first kappa shape index (κ1) is 19.6. The number of aromatic nitrogens is 1. The monoisotopic (exact) mass is 413 g/mol. The van der Waals surface area contributed by atoms with E-state index in [0.717, 1.165) is 20.3 Å². The van der Waals surface area contributed by atoms with Gasteiger partial charge in [-0.1, -0.05) is 23.9 Å². The van der Waals surface area contributed by atoms with Gasteiger partial charge in [0.1, 0.15) is 0 Å². The maximum Gasteiger partial charge on any atom is 0.219 e. The van der Waals surface area contributed by atoms with E-state index in [1.807, 2.05) is 24.3 Å². The molecule has 2 heterocycles. The molecule has 1 amide bonds. The summed E-state index contributed by atoms with van der Waals surface area (Å²) in [6.45, 7) is 3.54. The van der Waals surface area contributed by atoms with Crippen molar-refractivity contribution in [2.45, 2.75) is 24.1 Å². The number of nitrogens with zero attached hydrogens (tertiary/aromatic N) is 3. The average Bonchev–Trinajstić information content (AvgIpc) is 2.84. The molecule has 0 saturated carbocycles. The van der Waals surface area contributed by atoms with Crippen LogP contribution >= 0.6 is 23.1 Å². The van der Waals surface area contributed by atoms with Crippen LogP contribution in [-0.4, -0.2) is 66.2 Å². The van der Waals surface area contributed by atoms with Crippen LogP contribution < -0.4 is 0 Å². The zero-order chi connectivity index (χ0) is 18.6. The van der Waals surface area contributed by atoms with Gasteiger partial charge in [-0.3, -0.25) is 4.79 Å². The molecule has 1 aliphatic heterocycles. The number of carbonyl (C=O) groups excluding carboxylic acids is 1. The zero-order valence-corrected chi connectivity index (χ0v) is 17.2. The molecule has 0 radical (unpaired) electrons. The molecular weight excluding hydrogens is 390 g/mol. The third-order valence-corrected chi connectivity index (χ3v) is 8.56. The first-order chi connectivity index (χ1) is 12.5. The van der Waals surface area contributed by atoms with Crippen molar-refractivity contribution >= 4 is 49.2 Å². The minimum Gasteiger partial charge on any atom is -0.342 e. The third kappa shape index (κ3) is 4.97. The molecule has 0 aliphatic carbocycles. The van der Waals surface area contributed by atoms with Gasteiger partial charge < -0.3 is 4.90 Å². The second kappa shape index (κ2) is 8.69. The van der Waals surface area contributed by atoms with Gasteiger partial charge >= 0.3 is 0 Å². The highest BCUT2D eigenvalue weighted by atomic mass is 32.2. The van der Waals surface area contributed by atoms with Gasteiger partial charge in [0, 0.05) is 38.9 Å². The molecule has 6 nitrogen and oxygen atoms in total. The maximum atomic E-state index is 12.6. The summed E-state index contributed by atoms with van der Waals surface area (Å²) < 4.78 is 28.8. The van der Waals surface area contributed by atoms with Crippen molar-refractivity contribution in [1.82, 2.24) is 14.2 Å². The highest BCUT2D eigenvalue weighted by Crippen LogP contribution is 2.29. The summed E-state index contributed by atoms with van der Waals surface area (Å²) in [5, 5.41) is 0.